The number of aromatic nitrogens is 2. The molecular weight excluding hydrogens is 322 g/mol. The van der Waals surface area contributed by atoms with Crippen LogP contribution in [-0.2, 0) is 6.54 Å². The smallest absolute Gasteiger partial charge is 0.261 e. The third-order valence-corrected chi connectivity index (χ3v) is 4.41. The Kier molecular flexibility index (Phi) is 4.69. The fourth-order valence-corrected chi connectivity index (χ4v) is 2.82. The number of rotatable bonds is 4. The molecule has 2 aromatic carbocycles. The molecule has 0 saturated heterocycles. The molecule has 3 aromatic rings. The summed E-state index contributed by atoms with van der Waals surface area (Å²) in [6.07, 6.45) is 0. The zero-order valence-corrected chi connectivity index (χ0v) is 14.8. The van der Waals surface area contributed by atoms with Gasteiger partial charge in [-0.1, -0.05) is 41.4 Å². The lowest BCUT2D eigenvalue weighted by molar-refractivity contribution is 0.507. The molecule has 1 atom stereocenters. The maximum absolute atomic E-state index is 13.0. The van der Waals surface area contributed by atoms with Gasteiger partial charge in [0.05, 0.1) is 10.9 Å². The van der Waals surface area contributed by atoms with Crippen LogP contribution in [-0.4, -0.2) is 22.6 Å². The maximum atomic E-state index is 13.0. The van der Waals surface area contributed by atoms with Crippen LogP contribution in [0.5, 0.6) is 0 Å². The van der Waals surface area contributed by atoms with Crippen LogP contribution in [0, 0.1) is 6.92 Å². The van der Waals surface area contributed by atoms with Crippen molar-refractivity contribution < 1.29 is 0 Å². The number of hydrogen-bond acceptors (Lipinski definition) is 3. The first-order chi connectivity index (χ1) is 11.5. The Balaban J connectivity index is 2.29. The van der Waals surface area contributed by atoms with Gasteiger partial charge in [-0.05, 0) is 39.1 Å². The second kappa shape index (κ2) is 6.75. The number of hydrogen-bond donors (Lipinski definition) is 1. The highest BCUT2D eigenvalue weighted by molar-refractivity contribution is 6.31. The van der Waals surface area contributed by atoms with Gasteiger partial charge in [-0.15, -0.1) is 0 Å². The quantitative estimate of drug-likeness (QED) is 0.788. The topological polar surface area (TPSA) is 46.9 Å². The van der Waals surface area contributed by atoms with E-state index in [1.54, 1.807) is 22.8 Å². The van der Waals surface area contributed by atoms with Crippen molar-refractivity contribution in [3.8, 4) is 11.4 Å². The van der Waals surface area contributed by atoms with Gasteiger partial charge in [0, 0.05) is 23.2 Å². The molecule has 0 saturated carbocycles. The highest BCUT2D eigenvalue weighted by atomic mass is 35.5. The van der Waals surface area contributed by atoms with Crippen molar-refractivity contribution in [1.82, 2.24) is 14.9 Å². The number of benzene rings is 2. The standard InChI is InChI=1S/C19H20ClN3O/c1-12-4-6-14(7-5-12)18-22-17-9-8-15(20)10-16(17)19(24)23(18)11-13(2)21-3/h4-10,13,21H,11H2,1-3H3. The lowest BCUT2D eigenvalue weighted by Gasteiger charge is -2.17. The van der Waals surface area contributed by atoms with E-state index < -0.39 is 0 Å². The monoisotopic (exact) mass is 341 g/mol. The molecule has 1 unspecified atom stereocenters. The Morgan fingerprint density at radius 2 is 1.92 bits per heavy atom. The molecule has 0 bridgehead atoms. The number of nitrogens with one attached hydrogen (secondary N) is 1. The Morgan fingerprint density at radius 3 is 2.58 bits per heavy atom. The SMILES string of the molecule is CNC(C)Cn1c(-c2ccc(C)cc2)nc2ccc(Cl)cc2c1=O. The molecule has 1 N–H and O–H groups in total. The van der Waals surface area contributed by atoms with Crippen molar-refractivity contribution in [3.63, 3.8) is 0 Å². The highest BCUT2D eigenvalue weighted by Gasteiger charge is 2.15. The number of fused-ring (bicyclic) bond motifs is 1. The van der Waals surface area contributed by atoms with Crippen LogP contribution < -0.4 is 10.9 Å². The van der Waals surface area contributed by atoms with E-state index in [9.17, 15) is 4.79 Å². The molecular formula is C19H20ClN3O. The minimum absolute atomic E-state index is 0.0693. The van der Waals surface area contributed by atoms with E-state index in [0.717, 1.165) is 5.56 Å². The van der Waals surface area contributed by atoms with Crippen LogP contribution in [0.1, 0.15) is 12.5 Å². The van der Waals surface area contributed by atoms with Gasteiger partial charge in [-0.3, -0.25) is 9.36 Å². The summed E-state index contributed by atoms with van der Waals surface area (Å²) in [4.78, 5) is 17.8. The zero-order chi connectivity index (χ0) is 17.3. The lowest BCUT2D eigenvalue weighted by Crippen LogP contribution is -2.33. The number of likely N-dealkylation sites (N-methyl/N-ethyl adjacent to an activating group) is 1. The second-order valence-corrected chi connectivity index (χ2v) is 6.50. The Hall–Kier alpha value is -2.17. The molecule has 0 radical (unpaired) electrons. The molecule has 0 aliphatic heterocycles. The van der Waals surface area contributed by atoms with E-state index in [2.05, 4.69) is 5.32 Å². The molecule has 0 fully saturated rings. The first-order valence-corrected chi connectivity index (χ1v) is 8.32. The van der Waals surface area contributed by atoms with Gasteiger partial charge in [-0.25, -0.2) is 4.98 Å². The van der Waals surface area contributed by atoms with Crippen molar-refractivity contribution in [2.24, 2.45) is 0 Å². The fourth-order valence-electron chi connectivity index (χ4n) is 2.65. The molecule has 24 heavy (non-hydrogen) atoms. The Bertz CT molecular complexity index is 932. The van der Waals surface area contributed by atoms with Crippen LogP contribution in [0.15, 0.2) is 47.3 Å². The third-order valence-electron chi connectivity index (χ3n) is 4.18. The molecule has 0 aliphatic carbocycles. The van der Waals surface area contributed by atoms with Crippen LogP contribution in [0.2, 0.25) is 5.02 Å². The average molecular weight is 342 g/mol. The minimum Gasteiger partial charge on any atom is -0.315 e. The third kappa shape index (κ3) is 3.21. The normalized spacial score (nSPS) is 12.5. The predicted octanol–water partition coefficient (Wildman–Crippen LogP) is 3.63. The average Bonchev–Trinajstić information content (AvgIpc) is 2.58. The van der Waals surface area contributed by atoms with E-state index in [0.29, 0.717) is 28.3 Å². The summed E-state index contributed by atoms with van der Waals surface area (Å²) in [6.45, 7) is 4.61. The molecule has 1 aromatic heterocycles. The van der Waals surface area contributed by atoms with Crippen LogP contribution in [0.4, 0.5) is 0 Å². The predicted molar refractivity (Wildman–Crippen MR) is 99.7 cm³/mol. The van der Waals surface area contributed by atoms with E-state index in [-0.39, 0.29) is 11.6 Å². The van der Waals surface area contributed by atoms with Gasteiger partial charge < -0.3 is 5.32 Å². The van der Waals surface area contributed by atoms with Crippen LogP contribution in [0.25, 0.3) is 22.3 Å². The first-order valence-electron chi connectivity index (χ1n) is 7.94. The summed E-state index contributed by atoms with van der Waals surface area (Å²) in [7, 11) is 1.88. The van der Waals surface area contributed by atoms with E-state index in [4.69, 9.17) is 16.6 Å². The summed E-state index contributed by atoms with van der Waals surface area (Å²) in [5.41, 5.74) is 2.69. The largest absolute Gasteiger partial charge is 0.315 e. The van der Waals surface area contributed by atoms with Crippen molar-refractivity contribution in [1.29, 1.82) is 0 Å². The highest BCUT2D eigenvalue weighted by Crippen LogP contribution is 2.21. The second-order valence-electron chi connectivity index (χ2n) is 6.07. The van der Waals surface area contributed by atoms with Gasteiger partial charge >= 0.3 is 0 Å². The number of aryl methyl sites for hydroxylation is 1. The van der Waals surface area contributed by atoms with Gasteiger partial charge in [0.2, 0.25) is 0 Å². The van der Waals surface area contributed by atoms with E-state index in [1.807, 2.05) is 45.2 Å². The van der Waals surface area contributed by atoms with Gasteiger partial charge in [-0.2, -0.15) is 0 Å². The first kappa shape index (κ1) is 16.7. The maximum Gasteiger partial charge on any atom is 0.261 e. The van der Waals surface area contributed by atoms with Crippen LogP contribution >= 0.6 is 11.6 Å². The summed E-state index contributed by atoms with van der Waals surface area (Å²) < 4.78 is 1.73. The number of nitrogens with zero attached hydrogens (tertiary/aromatic N) is 2. The summed E-state index contributed by atoms with van der Waals surface area (Å²) in [5.74, 6) is 0.678. The fraction of sp³-hybridized carbons (Fsp3) is 0.263. The molecule has 4 nitrogen and oxygen atoms in total. The van der Waals surface area contributed by atoms with Gasteiger partial charge in [0.1, 0.15) is 5.82 Å². The zero-order valence-electron chi connectivity index (χ0n) is 14.0. The van der Waals surface area contributed by atoms with Crippen molar-refractivity contribution in [3.05, 3.63) is 63.4 Å². The summed E-state index contributed by atoms with van der Waals surface area (Å²) >= 11 is 6.06. The van der Waals surface area contributed by atoms with Crippen molar-refractivity contribution in [2.45, 2.75) is 26.4 Å². The van der Waals surface area contributed by atoms with Crippen molar-refractivity contribution in [2.75, 3.05) is 7.05 Å². The van der Waals surface area contributed by atoms with Gasteiger partial charge in [0.15, 0.2) is 0 Å². The van der Waals surface area contributed by atoms with Crippen LogP contribution in [0.3, 0.4) is 0 Å². The van der Waals surface area contributed by atoms with Gasteiger partial charge in [0.25, 0.3) is 5.56 Å². The summed E-state index contributed by atoms with van der Waals surface area (Å²) in [5, 5.41) is 4.26. The molecule has 0 spiro atoms. The molecule has 1 heterocycles. The Morgan fingerprint density at radius 1 is 1.21 bits per heavy atom. The Labute approximate surface area is 146 Å². The summed E-state index contributed by atoms with van der Waals surface area (Å²) in [6, 6.07) is 13.4. The minimum atomic E-state index is -0.0693. The van der Waals surface area contributed by atoms with E-state index in [1.165, 1.54) is 5.56 Å². The molecule has 5 heteroatoms. The van der Waals surface area contributed by atoms with Crippen molar-refractivity contribution >= 4 is 22.5 Å². The molecule has 0 aliphatic rings. The lowest BCUT2D eigenvalue weighted by atomic mass is 10.1. The number of halogens is 1. The molecule has 3 rings (SSSR count). The molecule has 0 amide bonds. The van der Waals surface area contributed by atoms with E-state index >= 15 is 0 Å². The molecule has 124 valence electrons.